The van der Waals surface area contributed by atoms with Crippen molar-refractivity contribution in [2.45, 2.75) is 38.6 Å². The molecule has 1 saturated carbocycles. The van der Waals surface area contributed by atoms with Gasteiger partial charge in [0.15, 0.2) is 0 Å². The van der Waals surface area contributed by atoms with Gasteiger partial charge in [0.05, 0.1) is 11.8 Å². The van der Waals surface area contributed by atoms with Gasteiger partial charge in [-0.3, -0.25) is 9.78 Å². The second-order valence-electron chi connectivity index (χ2n) is 4.69. The molecule has 0 aromatic carbocycles. The van der Waals surface area contributed by atoms with Gasteiger partial charge in [0.2, 0.25) is 0 Å². The molecule has 1 amide bonds. The van der Waals surface area contributed by atoms with Gasteiger partial charge in [-0.15, -0.1) is 0 Å². The maximum atomic E-state index is 11.9. The molecule has 1 aliphatic carbocycles. The second kappa shape index (κ2) is 5.17. The van der Waals surface area contributed by atoms with Crippen LogP contribution in [0.2, 0.25) is 0 Å². The number of nitrogens with one attached hydrogen (secondary N) is 1. The van der Waals surface area contributed by atoms with E-state index in [0.717, 1.165) is 18.8 Å². The SMILES string of the molecule is CCC(CC1CC1)NC(=O)c1cncc(O)c1. The van der Waals surface area contributed by atoms with Gasteiger partial charge >= 0.3 is 0 Å². The first-order valence-corrected chi connectivity index (χ1v) is 6.14. The molecule has 0 bridgehead atoms. The largest absolute Gasteiger partial charge is 0.506 e. The lowest BCUT2D eigenvalue weighted by Crippen LogP contribution is -2.34. The molecular formula is C13H18N2O2. The Morgan fingerprint density at radius 2 is 2.35 bits per heavy atom. The molecule has 0 radical (unpaired) electrons. The minimum Gasteiger partial charge on any atom is -0.506 e. The number of nitrogens with zero attached hydrogens (tertiary/aromatic N) is 1. The number of aromatic nitrogens is 1. The molecule has 2 N–H and O–H groups in total. The lowest BCUT2D eigenvalue weighted by Gasteiger charge is -2.16. The number of pyridine rings is 1. The normalized spacial score (nSPS) is 16.5. The fourth-order valence-corrected chi connectivity index (χ4v) is 1.90. The number of amides is 1. The molecule has 1 unspecified atom stereocenters. The van der Waals surface area contributed by atoms with Gasteiger partial charge in [-0.1, -0.05) is 19.8 Å². The van der Waals surface area contributed by atoms with Gasteiger partial charge in [0.1, 0.15) is 5.75 Å². The van der Waals surface area contributed by atoms with Crippen LogP contribution in [0.4, 0.5) is 0 Å². The first-order valence-electron chi connectivity index (χ1n) is 6.14. The first kappa shape index (κ1) is 11.9. The van der Waals surface area contributed by atoms with Crippen molar-refractivity contribution in [3.63, 3.8) is 0 Å². The molecule has 1 fully saturated rings. The summed E-state index contributed by atoms with van der Waals surface area (Å²) in [6.45, 7) is 2.08. The lowest BCUT2D eigenvalue weighted by molar-refractivity contribution is 0.0932. The van der Waals surface area contributed by atoms with Gasteiger partial charge in [-0.25, -0.2) is 0 Å². The highest BCUT2D eigenvalue weighted by molar-refractivity contribution is 5.94. The highest BCUT2D eigenvalue weighted by Crippen LogP contribution is 2.34. The Morgan fingerprint density at radius 3 is 2.94 bits per heavy atom. The molecule has 1 atom stereocenters. The molecule has 0 aliphatic heterocycles. The number of hydrogen-bond donors (Lipinski definition) is 2. The topological polar surface area (TPSA) is 62.2 Å². The summed E-state index contributed by atoms with van der Waals surface area (Å²) in [5.74, 6) is 0.663. The molecule has 1 aromatic rings. The van der Waals surface area contributed by atoms with E-state index in [2.05, 4.69) is 17.2 Å². The van der Waals surface area contributed by atoms with Crippen LogP contribution in [0, 0.1) is 5.92 Å². The van der Waals surface area contributed by atoms with Crippen LogP contribution in [0.1, 0.15) is 43.0 Å². The zero-order valence-electron chi connectivity index (χ0n) is 10.0. The summed E-state index contributed by atoms with van der Waals surface area (Å²) in [6, 6.07) is 1.67. The minimum atomic E-state index is -0.152. The summed E-state index contributed by atoms with van der Waals surface area (Å²) >= 11 is 0. The Morgan fingerprint density at radius 1 is 1.59 bits per heavy atom. The number of carbonyl (C=O) groups excluding carboxylic acids is 1. The second-order valence-corrected chi connectivity index (χ2v) is 4.69. The van der Waals surface area contributed by atoms with Crippen LogP contribution >= 0.6 is 0 Å². The van der Waals surface area contributed by atoms with Crippen molar-refractivity contribution >= 4 is 5.91 Å². The Hall–Kier alpha value is -1.58. The molecular weight excluding hydrogens is 216 g/mol. The zero-order chi connectivity index (χ0) is 12.3. The molecule has 2 rings (SSSR count). The quantitative estimate of drug-likeness (QED) is 0.820. The van der Waals surface area contributed by atoms with Crippen molar-refractivity contribution in [2.75, 3.05) is 0 Å². The summed E-state index contributed by atoms with van der Waals surface area (Å²) in [5, 5.41) is 12.3. The van der Waals surface area contributed by atoms with Crippen molar-refractivity contribution in [2.24, 2.45) is 5.92 Å². The predicted molar refractivity (Wildman–Crippen MR) is 64.8 cm³/mol. The van der Waals surface area contributed by atoms with Gasteiger partial charge in [0.25, 0.3) is 5.91 Å². The van der Waals surface area contributed by atoms with Crippen LogP contribution in [-0.2, 0) is 0 Å². The van der Waals surface area contributed by atoms with Crippen LogP contribution in [0.25, 0.3) is 0 Å². The fraction of sp³-hybridized carbons (Fsp3) is 0.538. The van der Waals surface area contributed by atoms with Crippen molar-refractivity contribution in [1.29, 1.82) is 0 Å². The third-order valence-electron chi connectivity index (χ3n) is 3.13. The van der Waals surface area contributed by atoms with Crippen LogP contribution in [-0.4, -0.2) is 22.0 Å². The van der Waals surface area contributed by atoms with Crippen molar-refractivity contribution < 1.29 is 9.90 Å². The third kappa shape index (κ3) is 3.44. The summed E-state index contributed by atoms with van der Waals surface area (Å²) in [4.78, 5) is 15.7. The molecule has 1 aromatic heterocycles. The van der Waals surface area contributed by atoms with Gasteiger partial charge in [-0.05, 0) is 24.8 Å². The van der Waals surface area contributed by atoms with Crippen molar-refractivity contribution in [3.8, 4) is 5.75 Å². The van der Waals surface area contributed by atoms with E-state index < -0.39 is 0 Å². The van der Waals surface area contributed by atoms with Gasteiger partial charge in [0, 0.05) is 12.2 Å². The van der Waals surface area contributed by atoms with E-state index in [4.69, 9.17) is 0 Å². The van der Waals surface area contributed by atoms with E-state index in [1.54, 1.807) is 0 Å². The van der Waals surface area contributed by atoms with Crippen molar-refractivity contribution in [3.05, 3.63) is 24.0 Å². The number of hydrogen-bond acceptors (Lipinski definition) is 3. The highest BCUT2D eigenvalue weighted by atomic mass is 16.3. The number of aromatic hydroxyl groups is 1. The van der Waals surface area contributed by atoms with E-state index in [1.165, 1.54) is 31.3 Å². The van der Waals surface area contributed by atoms with Gasteiger partial charge in [-0.2, -0.15) is 0 Å². The molecule has 92 valence electrons. The summed E-state index contributed by atoms with van der Waals surface area (Å²) < 4.78 is 0. The van der Waals surface area contributed by atoms with E-state index in [0.29, 0.717) is 5.56 Å². The Bertz CT molecular complexity index is 402. The first-order chi connectivity index (χ1) is 8.19. The maximum absolute atomic E-state index is 11.9. The molecule has 0 spiro atoms. The van der Waals surface area contributed by atoms with Crippen LogP contribution in [0.3, 0.4) is 0 Å². The number of rotatable bonds is 5. The monoisotopic (exact) mass is 234 g/mol. The summed E-state index contributed by atoms with van der Waals surface area (Å²) in [5.41, 5.74) is 0.416. The fourth-order valence-electron chi connectivity index (χ4n) is 1.90. The Balaban J connectivity index is 1.94. The third-order valence-corrected chi connectivity index (χ3v) is 3.13. The average molecular weight is 234 g/mol. The standard InChI is InChI=1S/C13H18N2O2/c1-2-11(5-9-3-4-9)15-13(17)10-6-12(16)8-14-7-10/h6-9,11,16H,2-5H2,1H3,(H,15,17). The smallest absolute Gasteiger partial charge is 0.253 e. The van der Waals surface area contributed by atoms with E-state index >= 15 is 0 Å². The Kier molecular flexibility index (Phi) is 3.61. The summed E-state index contributed by atoms with van der Waals surface area (Å²) in [7, 11) is 0. The van der Waals surface area contributed by atoms with E-state index in [9.17, 15) is 9.90 Å². The molecule has 4 nitrogen and oxygen atoms in total. The van der Waals surface area contributed by atoms with E-state index in [-0.39, 0.29) is 17.7 Å². The molecule has 1 aliphatic rings. The predicted octanol–water partition coefficient (Wildman–Crippen LogP) is 2.10. The molecule has 4 heteroatoms. The van der Waals surface area contributed by atoms with Gasteiger partial charge < -0.3 is 10.4 Å². The average Bonchev–Trinajstić information content (AvgIpc) is 3.12. The summed E-state index contributed by atoms with van der Waals surface area (Å²) in [6.07, 6.45) is 7.38. The van der Waals surface area contributed by atoms with E-state index in [1.807, 2.05) is 0 Å². The Labute approximate surface area is 101 Å². The maximum Gasteiger partial charge on any atom is 0.253 e. The molecule has 0 saturated heterocycles. The minimum absolute atomic E-state index is 0.0212. The van der Waals surface area contributed by atoms with Crippen LogP contribution < -0.4 is 5.32 Å². The van der Waals surface area contributed by atoms with Crippen LogP contribution in [0.15, 0.2) is 18.5 Å². The van der Waals surface area contributed by atoms with Crippen LogP contribution in [0.5, 0.6) is 5.75 Å². The zero-order valence-corrected chi connectivity index (χ0v) is 10.0. The molecule has 1 heterocycles. The number of carbonyl (C=O) groups is 1. The molecule has 17 heavy (non-hydrogen) atoms. The lowest BCUT2D eigenvalue weighted by atomic mass is 10.1. The highest BCUT2D eigenvalue weighted by Gasteiger charge is 2.25. The van der Waals surface area contributed by atoms with Crippen molar-refractivity contribution in [1.82, 2.24) is 10.3 Å².